The third-order valence-corrected chi connectivity index (χ3v) is 5.59. The highest BCUT2D eigenvalue weighted by atomic mass is 32.1. The first-order valence-corrected chi connectivity index (χ1v) is 9.08. The Morgan fingerprint density at radius 2 is 2.21 bits per heavy atom. The molecule has 126 valence electrons. The summed E-state index contributed by atoms with van der Waals surface area (Å²) < 4.78 is 5.96. The van der Waals surface area contributed by atoms with Gasteiger partial charge in [-0.3, -0.25) is 14.7 Å². The molecule has 4 rings (SSSR count). The van der Waals surface area contributed by atoms with Crippen LogP contribution in [0.25, 0.3) is 0 Å². The summed E-state index contributed by atoms with van der Waals surface area (Å²) in [4.78, 5) is 22.9. The number of amides is 1. The Morgan fingerprint density at radius 1 is 1.33 bits per heavy atom. The summed E-state index contributed by atoms with van der Waals surface area (Å²) in [5.74, 6) is 0.822. The van der Waals surface area contributed by atoms with Gasteiger partial charge in [-0.05, 0) is 12.1 Å². The lowest BCUT2D eigenvalue weighted by Crippen LogP contribution is -2.34. The average Bonchev–Trinajstić information content (AvgIpc) is 3.32. The van der Waals surface area contributed by atoms with Crippen molar-refractivity contribution in [3.63, 3.8) is 0 Å². The average molecular weight is 344 g/mol. The Kier molecular flexibility index (Phi) is 4.55. The van der Waals surface area contributed by atoms with Crippen LogP contribution in [-0.2, 0) is 11.3 Å². The summed E-state index contributed by atoms with van der Waals surface area (Å²) >= 11 is 1.69. The number of hydrogen-bond acceptors (Lipinski definition) is 6. The Hall–Kier alpha value is -1.83. The van der Waals surface area contributed by atoms with Crippen LogP contribution in [0.1, 0.15) is 15.4 Å². The number of hydrogen-bond donors (Lipinski definition) is 1. The van der Waals surface area contributed by atoms with E-state index in [-0.39, 0.29) is 12.0 Å². The third-order valence-electron chi connectivity index (χ3n) is 4.82. The van der Waals surface area contributed by atoms with Gasteiger partial charge in [-0.25, -0.2) is 4.98 Å². The number of thiazole rings is 1. The quantitative estimate of drug-likeness (QED) is 0.888. The van der Waals surface area contributed by atoms with E-state index in [1.807, 2.05) is 11.6 Å². The summed E-state index contributed by atoms with van der Waals surface area (Å²) in [7, 11) is 0. The third kappa shape index (κ3) is 3.33. The molecule has 24 heavy (non-hydrogen) atoms. The van der Waals surface area contributed by atoms with Crippen LogP contribution < -0.4 is 5.32 Å². The van der Waals surface area contributed by atoms with Gasteiger partial charge in [0.05, 0.1) is 19.3 Å². The normalized spacial score (nSPS) is 26.4. The maximum Gasteiger partial charge on any atom is 0.251 e. The number of nitrogens with zero attached hydrogens (tertiary/aromatic N) is 3. The van der Waals surface area contributed by atoms with Crippen LogP contribution in [0.2, 0.25) is 0 Å². The number of carbonyl (C=O) groups excluding carboxylic acids is 1. The highest BCUT2D eigenvalue weighted by Crippen LogP contribution is 2.34. The van der Waals surface area contributed by atoms with Gasteiger partial charge < -0.3 is 10.1 Å². The highest BCUT2D eigenvalue weighted by Gasteiger charge is 2.43. The molecule has 1 amide bonds. The Bertz CT molecular complexity index is 679. The maximum absolute atomic E-state index is 12.2. The fourth-order valence-corrected chi connectivity index (χ4v) is 4.23. The first-order valence-electron chi connectivity index (χ1n) is 8.20. The molecule has 2 aliphatic rings. The zero-order valence-corrected chi connectivity index (χ0v) is 14.1. The molecule has 3 atom stereocenters. The molecular weight excluding hydrogens is 324 g/mol. The molecule has 4 heterocycles. The minimum atomic E-state index is -0.0431. The standard InChI is InChI=1S/C17H20N4O2S/c22-17(12-1-3-18-4-2-12)20-7-13-11-23-15-9-21(8-14(13)15)10-16-19-5-6-24-16/h1-6,13-15H,7-11H2,(H,20,22)/t13-,14+,15+/m1/s1. The molecule has 6 nitrogen and oxygen atoms in total. The number of likely N-dealkylation sites (tertiary alicyclic amines) is 1. The van der Waals surface area contributed by atoms with E-state index in [0.717, 1.165) is 31.2 Å². The Labute approximate surface area is 144 Å². The fraction of sp³-hybridized carbons (Fsp3) is 0.471. The highest BCUT2D eigenvalue weighted by molar-refractivity contribution is 7.09. The predicted octanol–water partition coefficient (Wildman–Crippen LogP) is 1.41. The van der Waals surface area contributed by atoms with E-state index < -0.39 is 0 Å². The first-order chi connectivity index (χ1) is 11.8. The van der Waals surface area contributed by atoms with E-state index in [4.69, 9.17) is 4.74 Å². The molecule has 0 aliphatic carbocycles. The van der Waals surface area contributed by atoms with Crippen LogP contribution in [-0.4, -0.2) is 53.1 Å². The van der Waals surface area contributed by atoms with E-state index in [9.17, 15) is 4.79 Å². The number of pyridine rings is 1. The van der Waals surface area contributed by atoms with Gasteiger partial charge in [-0.1, -0.05) is 0 Å². The topological polar surface area (TPSA) is 67.3 Å². The fourth-order valence-electron chi connectivity index (χ4n) is 3.57. The SMILES string of the molecule is O=C(NC[C@@H]1CO[C@H]2CN(Cc3nccs3)C[C@@H]12)c1ccncc1. The van der Waals surface area contributed by atoms with Gasteiger partial charge in [-0.2, -0.15) is 0 Å². The number of carbonyl (C=O) groups is 1. The zero-order chi connectivity index (χ0) is 16.4. The molecule has 2 saturated heterocycles. The van der Waals surface area contributed by atoms with E-state index in [0.29, 0.717) is 23.9 Å². The Balaban J connectivity index is 1.30. The molecule has 1 N–H and O–H groups in total. The summed E-state index contributed by atoms with van der Waals surface area (Å²) in [6, 6.07) is 3.46. The number of aromatic nitrogens is 2. The van der Waals surface area contributed by atoms with Crippen LogP contribution in [0.3, 0.4) is 0 Å². The van der Waals surface area contributed by atoms with Crippen molar-refractivity contribution in [1.82, 2.24) is 20.2 Å². The van der Waals surface area contributed by atoms with Crippen molar-refractivity contribution in [2.45, 2.75) is 12.6 Å². The minimum Gasteiger partial charge on any atom is -0.376 e. The number of ether oxygens (including phenoxy) is 1. The van der Waals surface area contributed by atoms with Crippen molar-refractivity contribution in [2.24, 2.45) is 11.8 Å². The van der Waals surface area contributed by atoms with Crippen molar-refractivity contribution in [3.05, 3.63) is 46.7 Å². The number of nitrogens with one attached hydrogen (secondary N) is 1. The molecule has 2 aromatic heterocycles. The summed E-state index contributed by atoms with van der Waals surface area (Å²) in [6.45, 7) is 4.26. The van der Waals surface area contributed by atoms with Crippen LogP contribution in [0.4, 0.5) is 0 Å². The van der Waals surface area contributed by atoms with Gasteiger partial charge in [0, 0.05) is 61.0 Å². The second-order valence-electron chi connectivity index (χ2n) is 6.36. The lowest BCUT2D eigenvalue weighted by Gasteiger charge is -2.19. The van der Waals surface area contributed by atoms with Gasteiger partial charge >= 0.3 is 0 Å². The second-order valence-corrected chi connectivity index (χ2v) is 7.34. The Morgan fingerprint density at radius 3 is 3.00 bits per heavy atom. The van der Waals surface area contributed by atoms with Crippen molar-refractivity contribution in [1.29, 1.82) is 0 Å². The van der Waals surface area contributed by atoms with Gasteiger partial charge in [0.1, 0.15) is 5.01 Å². The minimum absolute atomic E-state index is 0.0431. The van der Waals surface area contributed by atoms with E-state index in [1.54, 1.807) is 35.9 Å². The van der Waals surface area contributed by atoms with Crippen molar-refractivity contribution >= 4 is 17.2 Å². The van der Waals surface area contributed by atoms with Gasteiger partial charge in [0.2, 0.25) is 0 Å². The number of fused-ring (bicyclic) bond motifs is 1. The van der Waals surface area contributed by atoms with Crippen molar-refractivity contribution in [3.8, 4) is 0 Å². The summed E-state index contributed by atoms with van der Waals surface area (Å²) in [5.41, 5.74) is 0.650. The molecule has 7 heteroatoms. The van der Waals surface area contributed by atoms with Gasteiger partial charge in [-0.15, -0.1) is 11.3 Å². The lowest BCUT2D eigenvalue weighted by molar-refractivity contribution is 0.0903. The lowest BCUT2D eigenvalue weighted by atomic mass is 9.93. The van der Waals surface area contributed by atoms with E-state index >= 15 is 0 Å². The molecule has 0 spiro atoms. The molecule has 0 aromatic carbocycles. The molecule has 0 bridgehead atoms. The second kappa shape index (κ2) is 6.96. The largest absolute Gasteiger partial charge is 0.376 e. The van der Waals surface area contributed by atoms with Crippen molar-refractivity contribution in [2.75, 3.05) is 26.2 Å². The molecular formula is C17H20N4O2S. The molecule has 0 unspecified atom stereocenters. The predicted molar refractivity (Wildman–Crippen MR) is 90.7 cm³/mol. The number of rotatable bonds is 5. The first kappa shape index (κ1) is 15.7. The zero-order valence-electron chi connectivity index (χ0n) is 13.3. The smallest absolute Gasteiger partial charge is 0.251 e. The van der Waals surface area contributed by atoms with E-state index in [2.05, 4.69) is 20.2 Å². The van der Waals surface area contributed by atoms with Crippen LogP contribution >= 0.6 is 11.3 Å². The van der Waals surface area contributed by atoms with Crippen LogP contribution in [0.15, 0.2) is 36.1 Å². The summed E-state index contributed by atoms with van der Waals surface area (Å²) in [6.07, 6.45) is 5.41. The van der Waals surface area contributed by atoms with E-state index in [1.165, 1.54) is 0 Å². The molecule has 2 fully saturated rings. The molecule has 0 saturated carbocycles. The maximum atomic E-state index is 12.2. The van der Waals surface area contributed by atoms with Crippen molar-refractivity contribution < 1.29 is 9.53 Å². The molecule has 2 aliphatic heterocycles. The molecule has 0 radical (unpaired) electrons. The van der Waals surface area contributed by atoms with Gasteiger partial charge in [0.25, 0.3) is 5.91 Å². The summed E-state index contributed by atoms with van der Waals surface area (Å²) in [5, 5.41) is 6.20. The molecule has 2 aromatic rings. The van der Waals surface area contributed by atoms with Crippen LogP contribution in [0.5, 0.6) is 0 Å². The monoisotopic (exact) mass is 344 g/mol. The van der Waals surface area contributed by atoms with Crippen LogP contribution in [0, 0.1) is 11.8 Å². The van der Waals surface area contributed by atoms with Gasteiger partial charge in [0.15, 0.2) is 0 Å².